The SMILES string of the molecule is O=C1CCN(N2Cc3cc(CN4CC=C(c5cccc(F)c5Cl)CC4)ccc3C2=O)C(=O)N1. The molecular formula is C24H22ClFN4O3. The molecule has 3 heterocycles. The van der Waals surface area contributed by atoms with Crippen LogP contribution in [-0.2, 0) is 17.9 Å². The van der Waals surface area contributed by atoms with Crippen LogP contribution in [0, 0.1) is 5.82 Å². The number of nitrogens with one attached hydrogen (secondary N) is 1. The molecule has 5 rings (SSSR count). The van der Waals surface area contributed by atoms with Crippen LogP contribution in [0.4, 0.5) is 9.18 Å². The molecule has 3 aliphatic heterocycles. The Morgan fingerprint density at radius 2 is 1.85 bits per heavy atom. The van der Waals surface area contributed by atoms with Gasteiger partial charge in [0.1, 0.15) is 5.82 Å². The zero-order chi connectivity index (χ0) is 23.1. The molecule has 1 N–H and O–H groups in total. The van der Waals surface area contributed by atoms with Gasteiger partial charge in [0.15, 0.2) is 0 Å². The summed E-state index contributed by atoms with van der Waals surface area (Å²) in [5.74, 6) is -0.979. The first kappa shape index (κ1) is 21.6. The van der Waals surface area contributed by atoms with Crippen LogP contribution in [0.5, 0.6) is 0 Å². The monoisotopic (exact) mass is 468 g/mol. The predicted molar refractivity (Wildman–Crippen MR) is 120 cm³/mol. The highest BCUT2D eigenvalue weighted by Gasteiger charge is 2.36. The van der Waals surface area contributed by atoms with E-state index < -0.39 is 11.8 Å². The first-order valence-electron chi connectivity index (χ1n) is 10.8. The third-order valence-corrected chi connectivity index (χ3v) is 6.66. The maximum Gasteiger partial charge on any atom is 0.342 e. The molecule has 0 aliphatic carbocycles. The van der Waals surface area contributed by atoms with Gasteiger partial charge in [-0.15, -0.1) is 0 Å². The summed E-state index contributed by atoms with van der Waals surface area (Å²) in [6.45, 7) is 2.72. The number of carbonyl (C=O) groups excluding carboxylic acids is 3. The zero-order valence-corrected chi connectivity index (χ0v) is 18.6. The van der Waals surface area contributed by atoms with Crippen LogP contribution in [0.2, 0.25) is 5.02 Å². The molecular weight excluding hydrogens is 447 g/mol. The van der Waals surface area contributed by atoms with E-state index in [0.717, 1.165) is 35.2 Å². The standard InChI is InChI=1S/C24H22ClFN4O3/c25-22-18(2-1-3-20(22)26)16-6-9-28(10-7-16)13-15-4-5-19-17(12-15)14-30(23(19)32)29-11-8-21(31)27-24(29)33/h1-6,12H,7-11,13-14H2,(H,27,31,33). The van der Waals surface area contributed by atoms with E-state index >= 15 is 0 Å². The minimum absolute atomic E-state index is 0.164. The number of hydrogen-bond donors (Lipinski definition) is 1. The summed E-state index contributed by atoms with van der Waals surface area (Å²) in [6, 6.07) is 10.0. The highest BCUT2D eigenvalue weighted by molar-refractivity contribution is 6.32. The van der Waals surface area contributed by atoms with E-state index in [9.17, 15) is 18.8 Å². The van der Waals surface area contributed by atoms with E-state index in [1.165, 1.54) is 16.1 Å². The lowest BCUT2D eigenvalue weighted by atomic mass is 9.98. The van der Waals surface area contributed by atoms with Crippen molar-refractivity contribution in [2.75, 3.05) is 19.6 Å². The quantitative estimate of drug-likeness (QED) is 0.744. The number of imide groups is 1. The van der Waals surface area contributed by atoms with E-state index in [0.29, 0.717) is 25.2 Å². The van der Waals surface area contributed by atoms with Crippen molar-refractivity contribution in [2.24, 2.45) is 0 Å². The summed E-state index contributed by atoms with van der Waals surface area (Å²) < 4.78 is 13.8. The number of rotatable bonds is 4. The maximum atomic E-state index is 13.8. The van der Waals surface area contributed by atoms with Crippen molar-refractivity contribution in [3.05, 3.63) is 75.6 Å². The molecule has 0 saturated carbocycles. The fraction of sp³-hybridized carbons (Fsp3) is 0.292. The van der Waals surface area contributed by atoms with Gasteiger partial charge >= 0.3 is 6.03 Å². The molecule has 33 heavy (non-hydrogen) atoms. The number of hydrazine groups is 1. The molecule has 9 heteroatoms. The van der Waals surface area contributed by atoms with Gasteiger partial charge in [-0.2, -0.15) is 0 Å². The highest BCUT2D eigenvalue weighted by atomic mass is 35.5. The van der Waals surface area contributed by atoms with Gasteiger partial charge in [-0.1, -0.05) is 41.9 Å². The molecule has 0 atom stereocenters. The fourth-order valence-electron chi connectivity index (χ4n) is 4.55. The molecule has 0 radical (unpaired) electrons. The van der Waals surface area contributed by atoms with E-state index in [-0.39, 0.29) is 29.8 Å². The second-order valence-corrected chi connectivity index (χ2v) is 8.77. The second kappa shape index (κ2) is 8.61. The van der Waals surface area contributed by atoms with Gasteiger partial charge < -0.3 is 0 Å². The van der Waals surface area contributed by atoms with Crippen LogP contribution < -0.4 is 5.32 Å². The lowest BCUT2D eigenvalue weighted by Gasteiger charge is -2.33. The largest absolute Gasteiger partial charge is 0.342 e. The van der Waals surface area contributed by atoms with Crippen molar-refractivity contribution < 1.29 is 18.8 Å². The normalized spacial score (nSPS) is 19.0. The molecule has 2 aromatic carbocycles. The lowest BCUT2D eigenvalue weighted by Crippen LogP contribution is -2.56. The number of hydrogen-bond acceptors (Lipinski definition) is 4. The van der Waals surface area contributed by atoms with Crippen LogP contribution in [0.1, 0.15) is 39.9 Å². The Hall–Kier alpha value is -3.23. The summed E-state index contributed by atoms with van der Waals surface area (Å²) in [5, 5.41) is 5.12. The number of benzene rings is 2. The minimum atomic E-state index is -0.568. The third kappa shape index (κ3) is 4.12. The lowest BCUT2D eigenvalue weighted by molar-refractivity contribution is -0.123. The first-order valence-corrected chi connectivity index (χ1v) is 11.2. The molecule has 4 amide bonds. The highest BCUT2D eigenvalue weighted by Crippen LogP contribution is 2.31. The Morgan fingerprint density at radius 3 is 2.61 bits per heavy atom. The summed E-state index contributed by atoms with van der Waals surface area (Å²) in [5.41, 5.74) is 4.30. The molecule has 7 nitrogen and oxygen atoms in total. The van der Waals surface area contributed by atoms with Crippen LogP contribution in [0.25, 0.3) is 5.57 Å². The minimum Gasteiger partial charge on any atom is -0.295 e. The van der Waals surface area contributed by atoms with E-state index in [1.54, 1.807) is 12.1 Å². The smallest absolute Gasteiger partial charge is 0.295 e. The molecule has 2 aromatic rings. The van der Waals surface area contributed by atoms with Gasteiger partial charge in [0.2, 0.25) is 5.91 Å². The van der Waals surface area contributed by atoms with E-state index in [2.05, 4.69) is 16.3 Å². The molecule has 0 bridgehead atoms. The summed E-state index contributed by atoms with van der Waals surface area (Å²) >= 11 is 6.14. The summed E-state index contributed by atoms with van der Waals surface area (Å²) in [6.07, 6.45) is 3.02. The van der Waals surface area contributed by atoms with Crippen LogP contribution in [-0.4, -0.2) is 52.4 Å². The molecule has 0 spiro atoms. The van der Waals surface area contributed by atoms with Crippen molar-refractivity contribution in [3.63, 3.8) is 0 Å². The zero-order valence-electron chi connectivity index (χ0n) is 17.8. The Bertz CT molecular complexity index is 1200. The number of nitrogens with zero attached hydrogens (tertiary/aromatic N) is 3. The van der Waals surface area contributed by atoms with Crippen molar-refractivity contribution >= 4 is 35.0 Å². The van der Waals surface area contributed by atoms with Gasteiger partial charge in [-0.3, -0.25) is 19.8 Å². The predicted octanol–water partition coefficient (Wildman–Crippen LogP) is 3.58. The van der Waals surface area contributed by atoms with Crippen LogP contribution in [0.3, 0.4) is 0 Å². The number of amides is 4. The number of urea groups is 1. The molecule has 0 unspecified atom stereocenters. The van der Waals surface area contributed by atoms with E-state index in [4.69, 9.17) is 11.6 Å². The molecule has 3 aliphatic rings. The van der Waals surface area contributed by atoms with Crippen molar-refractivity contribution in [3.8, 4) is 0 Å². The van der Waals surface area contributed by atoms with Crippen molar-refractivity contribution in [2.45, 2.75) is 25.9 Å². The fourth-order valence-corrected chi connectivity index (χ4v) is 4.79. The number of carbonyl (C=O) groups is 3. The number of halogens is 2. The Labute approximate surface area is 195 Å². The third-order valence-electron chi connectivity index (χ3n) is 6.27. The average Bonchev–Trinajstić information content (AvgIpc) is 3.12. The van der Waals surface area contributed by atoms with Gasteiger partial charge in [0.25, 0.3) is 5.91 Å². The van der Waals surface area contributed by atoms with Crippen molar-refractivity contribution in [1.82, 2.24) is 20.2 Å². The van der Waals surface area contributed by atoms with Gasteiger partial charge in [0, 0.05) is 31.6 Å². The topological polar surface area (TPSA) is 73.0 Å². The van der Waals surface area contributed by atoms with Gasteiger partial charge in [0.05, 0.1) is 18.1 Å². The molecule has 1 fully saturated rings. The van der Waals surface area contributed by atoms with Crippen LogP contribution >= 0.6 is 11.6 Å². The Kier molecular flexibility index (Phi) is 5.64. The second-order valence-electron chi connectivity index (χ2n) is 8.40. The maximum absolute atomic E-state index is 13.8. The average molecular weight is 469 g/mol. The summed E-state index contributed by atoms with van der Waals surface area (Å²) in [7, 11) is 0. The van der Waals surface area contributed by atoms with Crippen LogP contribution in [0.15, 0.2) is 42.5 Å². The Balaban J connectivity index is 1.26. The van der Waals surface area contributed by atoms with E-state index in [1.807, 2.05) is 18.2 Å². The molecule has 170 valence electrons. The first-order chi connectivity index (χ1) is 15.9. The summed E-state index contributed by atoms with van der Waals surface area (Å²) in [4.78, 5) is 38.6. The molecule has 1 saturated heterocycles. The van der Waals surface area contributed by atoms with Gasteiger partial charge in [-0.05, 0) is 40.8 Å². The van der Waals surface area contributed by atoms with Gasteiger partial charge in [-0.25, -0.2) is 19.2 Å². The van der Waals surface area contributed by atoms with Crippen molar-refractivity contribution in [1.29, 1.82) is 0 Å². The number of fused-ring (bicyclic) bond motifs is 1. The Morgan fingerprint density at radius 1 is 1.00 bits per heavy atom. The molecule has 0 aromatic heterocycles.